The van der Waals surface area contributed by atoms with Crippen LogP contribution in [0.1, 0.15) is 12.8 Å². The van der Waals surface area contributed by atoms with Gasteiger partial charge in [-0.15, -0.1) is 0 Å². The van der Waals surface area contributed by atoms with Crippen LogP contribution in [0.15, 0.2) is 24.3 Å². The SMILES string of the molecule is CN(CCCN1CCOCC1)[C@@H]1CCN(c2ccccc2F)C1=O. The third kappa shape index (κ3) is 3.94. The first-order chi connectivity index (χ1) is 11.7. The summed E-state index contributed by atoms with van der Waals surface area (Å²) in [5.74, 6) is -0.324. The second-order valence-corrected chi connectivity index (χ2v) is 6.53. The Morgan fingerprint density at radius 3 is 2.75 bits per heavy atom. The smallest absolute Gasteiger partial charge is 0.244 e. The van der Waals surface area contributed by atoms with Crippen LogP contribution in [0.3, 0.4) is 0 Å². The lowest BCUT2D eigenvalue weighted by Gasteiger charge is -2.28. The van der Waals surface area contributed by atoms with E-state index < -0.39 is 0 Å². The molecule has 3 rings (SSSR count). The van der Waals surface area contributed by atoms with Crippen LogP contribution in [-0.2, 0) is 9.53 Å². The van der Waals surface area contributed by atoms with Gasteiger partial charge in [-0.25, -0.2) is 4.39 Å². The summed E-state index contributed by atoms with van der Waals surface area (Å²) in [6, 6.07) is 6.35. The zero-order valence-corrected chi connectivity index (χ0v) is 14.3. The Morgan fingerprint density at radius 1 is 1.25 bits per heavy atom. The predicted molar refractivity (Wildman–Crippen MR) is 91.7 cm³/mol. The minimum absolute atomic E-state index is 0.00831. The van der Waals surface area contributed by atoms with Gasteiger partial charge in [-0.1, -0.05) is 12.1 Å². The number of nitrogens with zero attached hydrogens (tertiary/aromatic N) is 3. The second kappa shape index (κ2) is 8.05. The highest BCUT2D eigenvalue weighted by atomic mass is 19.1. The molecule has 132 valence electrons. The number of ether oxygens (including phenoxy) is 1. The van der Waals surface area contributed by atoms with Gasteiger partial charge in [0.25, 0.3) is 0 Å². The number of halogens is 1. The summed E-state index contributed by atoms with van der Waals surface area (Å²) in [5, 5.41) is 0. The van der Waals surface area contributed by atoms with Crippen molar-refractivity contribution in [3.05, 3.63) is 30.1 Å². The zero-order chi connectivity index (χ0) is 16.9. The molecule has 0 saturated carbocycles. The van der Waals surface area contributed by atoms with Gasteiger partial charge in [0.2, 0.25) is 5.91 Å². The van der Waals surface area contributed by atoms with Crippen LogP contribution in [0.25, 0.3) is 0 Å². The summed E-state index contributed by atoms with van der Waals surface area (Å²) >= 11 is 0. The average molecular weight is 335 g/mol. The van der Waals surface area contributed by atoms with Crippen molar-refractivity contribution in [3.8, 4) is 0 Å². The molecule has 0 aromatic heterocycles. The number of anilines is 1. The molecule has 0 spiro atoms. The van der Waals surface area contributed by atoms with Gasteiger partial charge in [0.1, 0.15) is 5.82 Å². The van der Waals surface area contributed by atoms with Gasteiger partial charge >= 0.3 is 0 Å². The number of morpholine rings is 1. The lowest BCUT2D eigenvalue weighted by Crippen LogP contribution is -2.42. The first-order valence-electron chi connectivity index (χ1n) is 8.73. The Labute approximate surface area is 143 Å². The first-order valence-corrected chi connectivity index (χ1v) is 8.73. The fourth-order valence-corrected chi connectivity index (χ4v) is 3.51. The van der Waals surface area contributed by atoms with Crippen LogP contribution in [0.4, 0.5) is 10.1 Å². The maximum atomic E-state index is 13.9. The molecular formula is C18H26FN3O2. The number of benzene rings is 1. The first kappa shape index (κ1) is 17.3. The molecule has 2 heterocycles. The maximum Gasteiger partial charge on any atom is 0.244 e. The molecule has 2 saturated heterocycles. The van der Waals surface area contributed by atoms with Crippen LogP contribution in [-0.4, -0.2) is 74.7 Å². The van der Waals surface area contributed by atoms with E-state index in [-0.39, 0.29) is 17.8 Å². The Morgan fingerprint density at radius 2 is 2.00 bits per heavy atom. The quantitative estimate of drug-likeness (QED) is 0.791. The van der Waals surface area contributed by atoms with Gasteiger partial charge < -0.3 is 9.64 Å². The molecule has 2 fully saturated rings. The Bertz CT molecular complexity index is 563. The van der Waals surface area contributed by atoms with Crippen molar-refractivity contribution in [3.63, 3.8) is 0 Å². The van der Waals surface area contributed by atoms with E-state index in [1.54, 1.807) is 23.1 Å². The van der Waals surface area contributed by atoms with Crippen LogP contribution < -0.4 is 4.90 Å². The topological polar surface area (TPSA) is 36.0 Å². The van der Waals surface area contributed by atoms with Crippen molar-refractivity contribution < 1.29 is 13.9 Å². The van der Waals surface area contributed by atoms with Crippen LogP contribution in [0.5, 0.6) is 0 Å². The summed E-state index contributed by atoms with van der Waals surface area (Å²) in [5.41, 5.74) is 0.395. The summed E-state index contributed by atoms with van der Waals surface area (Å²) in [6.45, 7) is 6.10. The van der Waals surface area contributed by atoms with Crippen molar-refractivity contribution in [2.75, 3.05) is 57.9 Å². The number of hydrogen-bond acceptors (Lipinski definition) is 4. The third-order valence-electron chi connectivity index (χ3n) is 4.94. The van der Waals surface area contributed by atoms with Crippen LogP contribution >= 0.6 is 0 Å². The number of hydrogen-bond donors (Lipinski definition) is 0. The average Bonchev–Trinajstić information content (AvgIpc) is 2.98. The normalized spacial score (nSPS) is 22.5. The molecule has 2 aliphatic rings. The van der Waals surface area contributed by atoms with E-state index in [1.807, 2.05) is 7.05 Å². The minimum Gasteiger partial charge on any atom is -0.379 e. The van der Waals surface area contributed by atoms with Crippen molar-refractivity contribution in [1.29, 1.82) is 0 Å². The highest BCUT2D eigenvalue weighted by Gasteiger charge is 2.35. The number of amides is 1. The minimum atomic E-state index is -0.332. The molecule has 24 heavy (non-hydrogen) atoms. The lowest BCUT2D eigenvalue weighted by atomic mass is 10.2. The summed E-state index contributed by atoms with van der Waals surface area (Å²) < 4.78 is 19.3. The van der Waals surface area contributed by atoms with Gasteiger partial charge in [-0.3, -0.25) is 14.6 Å². The van der Waals surface area contributed by atoms with Gasteiger partial charge in [-0.05, 0) is 45.1 Å². The Hall–Kier alpha value is -1.50. The Kier molecular flexibility index (Phi) is 5.81. The highest BCUT2D eigenvalue weighted by Crippen LogP contribution is 2.26. The monoisotopic (exact) mass is 335 g/mol. The molecule has 0 aliphatic carbocycles. The number of carbonyl (C=O) groups is 1. The molecule has 6 heteroatoms. The number of likely N-dealkylation sites (N-methyl/N-ethyl adjacent to an activating group) is 1. The van der Waals surface area contributed by atoms with Crippen molar-refractivity contribution in [2.24, 2.45) is 0 Å². The van der Waals surface area contributed by atoms with E-state index in [4.69, 9.17) is 4.74 Å². The van der Waals surface area contributed by atoms with E-state index >= 15 is 0 Å². The molecule has 0 radical (unpaired) electrons. The van der Waals surface area contributed by atoms with Crippen molar-refractivity contribution in [1.82, 2.24) is 9.80 Å². The molecular weight excluding hydrogens is 309 g/mol. The molecule has 0 unspecified atom stereocenters. The highest BCUT2D eigenvalue weighted by molar-refractivity contribution is 5.99. The van der Waals surface area contributed by atoms with E-state index in [1.165, 1.54) is 6.07 Å². The van der Waals surface area contributed by atoms with Crippen LogP contribution in [0, 0.1) is 5.82 Å². The lowest BCUT2D eigenvalue weighted by molar-refractivity contribution is -0.121. The van der Waals surface area contributed by atoms with Crippen molar-refractivity contribution in [2.45, 2.75) is 18.9 Å². The predicted octanol–water partition coefficient (Wildman–Crippen LogP) is 1.59. The van der Waals surface area contributed by atoms with E-state index in [9.17, 15) is 9.18 Å². The summed E-state index contributed by atoms with van der Waals surface area (Å²) in [4.78, 5) is 18.8. The molecule has 5 nitrogen and oxygen atoms in total. The molecule has 1 amide bonds. The second-order valence-electron chi connectivity index (χ2n) is 6.53. The fraction of sp³-hybridized carbons (Fsp3) is 0.611. The van der Waals surface area contributed by atoms with Gasteiger partial charge in [0.15, 0.2) is 0 Å². The number of rotatable bonds is 6. The molecule has 1 atom stereocenters. The molecule has 1 aromatic carbocycles. The molecule has 2 aliphatic heterocycles. The fourth-order valence-electron chi connectivity index (χ4n) is 3.51. The van der Waals surface area contributed by atoms with E-state index in [0.29, 0.717) is 12.2 Å². The largest absolute Gasteiger partial charge is 0.379 e. The van der Waals surface area contributed by atoms with Crippen molar-refractivity contribution >= 4 is 11.6 Å². The van der Waals surface area contributed by atoms with Crippen LogP contribution in [0.2, 0.25) is 0 Å². The molecule has 0 bridgehead atoms. The zero-order valence-electron chi connectivity index (χ0n) is 14.3. The van der Waals surface area contributed by atoms with E-state index in [0.717, 1.165) is 52.2 Å². The summed E-state index contributed by atoms with van der Waals surface area (Å²) in [7, 11) is 1.99. The van der Waals surface area contributed by atoms with Gasteiger partial charge in [0, 0.05) is 19.6 Å². The molecule has 0 N–H and O–H groups in total. The van der Waals surface area contributed by atoms with Gasteiger partial charge in [0.05, 0.1) is 24.9 Å². The number of para-hydroxylation sites is 1. The number of carbonyl (C=O) groups excluding carboxylic acids is 1. The molecule has 1 aromatic rings. The Balaban J connectivity index is 1.50. The standard InChI is InChI=1S/C18H26FN3O2/c1-20(8-4-9-21-11-13-24-14-12-21)17-7-10-22(18(17)23)16-6-3-2-5-15(16)19/h2-3,5-6,17H,4,7-14H2,1H3/t17-/m1/s1. The maximum absolute atomic E-state index is 13.9. The summed E-state index contributed by atoms with van der Waals surface area (Å²) in [6.07, 6.45) is 1.78. The van der Waals surface area contributed by atoms with Gasteiger partial charge in [-0.2, -0.15) is 0 Å². The van der Waals surface area contributed by atoms with E-state index in [2.05, 4.69) is 9.80 Å². The third-order valence-corrected chi connectivity index (χ3v) is 4.94.